The zero-order chi connectivity index (χ0) is 14.8. The molecule has 1 fully saturated rings. The molecule has 110 valence electrons. The van der Waals surface area contributed by atoms with Gasteiger partial charge in [-0.3, -0.25) is 0 Å². The monoisotopic (exact) mass is 279 g/mol. The van der Waals surface area contributed by atoms with E-state index in [1.54, 1.807) is 0 Å². The van der Waals surface area contributed by atoms with E-state index in [0.717, 1.165) is 5.92 Å². The minimum absolute atomic E-state index is 0.387. The minimum Gasteiger partial charge on any atom is -0.303 e. The number of hydrogen-bond acceptors (Lipinski definition) is 1. The summed E-state index contributed by atoms with van der Waals surface area (Å²) in [7, 11) is 0. The molecule has 0 saturated heterocycles. The highest BCUT2D eigenvalue weighted by Gasteiger charge is 2.33. The normalized spacial score (nSPS) is 17.5. The Morgan fingerprint density at radius 1 is 0.952 bits per heavy atom. The maximum Gasteiger partial charge on any atom is 0.0353 e. The molecule has 21 heavy (non-hydrogen) atoms. The summed E-state index contributed by atoms with van der Waals surface area (Å²) in [5.74, 6) is 0.805. The SMILES string of the molecule is Cc1ccc(C(N[C@H](C)c2ccccc2C)C2CC2)cc1. The zero-order valence-corrected chi connectivity index (χ0v) is 13.3. The number of rotatable bonds is 5. The van der Waals surface area contributed by atoms with E-state index in [1.165, 1.54) is 35.1 Å². The molecule has 0 amide bonds. The van der Waals surface area contributed by atoms with Crippen LogP contribution in [0.3, 0.4) is 0 Å². The predicted molar refractivity (Wildman–Crippen MR) is 89.4 cm³/mol. The van der Waals surface area contributed by atoms with Crippen molar-refractivity contribution < 1.29 is 0 Å². The van der Waals surface area contributed by atoms with Gasteiger partial charge in [-0.2, -0.15) is 0 Å². The van der Waals surface area contributed by atoms with E-state index in [4.69, 9.17) is 0 Å². The van der Waals surface area contributed by atoms with Crippen LogP contribution >= 0.6 is 0 Å². The van der Waals surface area contributed by atoms with Gasteiger partial charge in [0.25, 0.3) is 0 Å². The average Bonchev–Trinajstić information content (AvgIpc) is 3.31. The van der Waals surface area contributed by atoms with Gasteiger partial charge in [-0.05, 0) is 56.2 Å². The molecule has 2 aromatic rings. The molecule has 2 aromatic carbocycles. The Labute approximate surface area is 128 Å². The van der Waals surface area contributed by atoms with Gasteiger partial charge < -0.3 is 5.32 Å². The van der Waals surface area contributed by atoms with Crippen molar-refractivity contribution in [1.82, 2.24) is 5.32 Å². The fourth-order valence-electron chi connectivity index (χ4n) is 3.14. The van der Waals surface area contributed by atoms with Crippen molar-refractivity contribution in [3.05, 3.63) is 70.8 Å². The summed E-state index contributed by atoms with van der Waals surface area (Å²) in [6.45, 7) is 6.64. The van der Waals surface area contributed by atoms with E-state index >= 15 is 0 Å². The fraction of sp³-hybridized carbons (Fsp3) is 0.400. The van der Waals surface area contributed by atoms with Gasteiger partial charge in [0.05, 0.1) is 0 Å². The van der Waals surface area contributed by atoms with Crippen LogP contribution in [0.2, 0.25) is 0 Å². The molecule has 3 rings (SSSR count). The third kappa shape index (κ3) is 3.36. The summed E-state index contributed by atoms with van der Waals surface area (Å²) >= 11 is 0. The second kappa shape index (κ2) is 6.03. The molecule has 0 radical (unpaired) electrons. The lowest BCUT2D eigenvalue weighted by molar-refractivity contribution is 0.426. The number of benzene rings is 2. The van der Waals surface area contributed by atoms with Gasteiger partial charge in [0, 0.05) is 12.1 Å². The second-order valence-corrected chi connectivity index (χ2v) is 6.47. The largest absolute Gasteiger partial charge is 0.303 e. The van der Waals surface area contributed by atoms with Gasteiger partial charge >= 0.3 is 0 Å². The molecule has 1 aliphatic carbocycles. The first kappa shape index (κ1) is 14.3. The van der Waals surface area contributed by atoms with Gasteiger partial charge in [0.2, 0.25) is 0 Å². The molecule has 2 atom stereocenters. The molecule has 0 spiro atoms. The number of aryl methyl sites for hydroxylation is 2. The molecular formula is C20H25N. The Kier molecular flexibility index (Phi) is 4.12. The molecule has 1 heteroatoms. The van der Waals surface area contributed by atoms with Crippen LogP contribution in [-0.4, -0.2) is 0 Å². The van der Waals surface area contributed by atoms with E-state index in [9.17, 15) is 0 Å². The van der Waals surface area contributed by atoms with Crippen LogP contribution in [0.4, 0.5) is 0 Å². The third-order valence-corrected chi connectivity index (χ3v) is 4.61. The van der Waals surface area contributed by atoms with E-state index in [-0.39, 0.29) is 0 Å². The van der Waals surface area contributed by atoms with Crippen molar-refractivity contribution in [1.29, 1.82) is 0 Å². The smallest absolute Gasteiger partial charge is 0.0353 e. The summed E-state index contributed by atoms with van der Waals surface area (Å²) in [5, 5.41) is 3.87. The molecule has 0 bridgehead atoms. The van der Waals surface area contributed by atoms with Crippen LogP contribution < -0.4 is 5.32 Å². The molecule has 1 N–H and O–H groups in total. The third-order valence-electron chi connectivity index (χ3n) is 4.61. The molecular weight excluding hydrogens is 254 g/mol. The topological polar surface area (TPSA) is 12.0 Å². The Morgan fingerprint density at radius 3 is 2.24 bits per heavy atom. The van der Waals surface area contributed by atoms with Crippen molar-refractivity contribution in [2.75, 3.05) is 0 Å². The number of hydrogen-bond donors (Lipinski definition) is 1. The van der Waals surface area contributed by atoms with E-state index in [2.05, 4.69) is 74.6 Å². The predicted octanol–water partition coefficient (Wildman–Crippen LogP) is 5.11. The maximum atomic E-state index is 3.87. The standard InChI is InChI=1S/C20H25N/c1-14-8-10-17(11-9-14)20(18-12-13-18)21-16(3)19-7-5-4-6-15(19)2/h4-11,16,18,20-21H,12-13H2,1-3H3/t16-,20?/m1/s1. The first-order valence-electron chi connectivity index (χ1n) is 8.03. The highest BCUT2D eigenvalue weighted by molar-refractivity contribution is 5.30. The van der Waals surface area contributed by atoms with Crippen LogP contribution in [0.1, 0.15) is 54.1 Å². The van der Waals surface area contributed by atoms with Crippen LogP contribution in [0, 0.1) is 19.8 Å². The summed E-state index contributed by atoms with van der Waals surface area (Å²) in [6, 6.07) is 18.6. The maximum absolute atomic E-state index is 3.87. The first-order chi connectivity index (χ1) is 10.1. The molecule has 1 aliphatic rings. The summed E-state index contributed by atoms with van der Waals surface area (Å²) in [5.41, 5.74) is 5.55. The van der Waals surface area contributed by atoms with Crippen molar-refractivity contribution in [3.8, 4) is 0 Å². The van der Waals surface area contributed by atoms with Crippen molar-refractivity contribution in [3.63, 3.8) is 0 Å². The van der Waals surface area contributed by atoms with Gasteiger partial charge in [-0.1, -0.05) is 54.1 Å². The van der Waals surface area contributed by atoms with Crippen molar-refractivity contribution >= 4 is 0 Å². The van der Waals surface area contributed by atoms with Crippen LogP contribution in [0.25, 0.3) is 0 Å². The Bertz CT molecular complexity index is 595. The molecule has 1 saturated carbocycles. The van der Waals surface area contributed by atoms with E-state index in [1.807, 2.05) is 0 Å². The lowest BCUT2D eigenvalue weighted by Crippen LogP contribution is -2.26. The highest BCUT2D eigenvalue weighted by Crippen LogP contribution is 2.42. The van der Waals surface area contributed by atoms with Crippen molar-refractivity contribution in [2.24, 2.45) is 5.92 Å². The van der Waals surface area contributed by atoms with E-state index in [0.29, 0.717) is 12.1 Å². The van der Waals surface area contributed by atoms with Crippen LogP contribution in [-0.2, 0) is 0 Å². The van der Waals surface area contributed by atoms with E-state index < -0.39 is 0 Å². The quantitative estimate of drug-likeness (QED) is 0.802. The Morgan fingerprint density at radius 2 is 1.62 bits per heavy atom. The molecule has 0 aliphatic heterocycles. The average molecular weight is 279 g/mol. The molecule has 0 aromatic heterocycles. The van der Waals surface area contributed by atoms with Gasteiger partial charge in [0.1, 0.15) is 0 Å². The second-order valence-electron chi connectivity index (χ2n) is 6.47. The van der Waals surface area contributed by atoms with Gasteiger partial charge in [0.15, 0.2) is 0 Å². The number of nitrogens with one attached hydrogen (secondary N) is 1. The summed E-state index contributed by atoms with van der Waals surface area (Å²) in [4.78, 5) is 0. The summed E-state index contributed by atoms with van der Waals surface area (Å²) in [6.07, 6.45) is 2.71. The Hall–Kier alpha value is -1.60. The fourth-order valence-corrected chi connectivity index (χ4v) is 3.14. The van der Waals surface area contributed by atoms with Gasteiger partial charge in [-0.25, -0.2) is 0 Å². The van der Waals surface area contributed by atoms with Gasteiger partial charge in [-0.15, -0.1) is 0 Å². The van der Waals surface area contributed by atoms with Crippen molar-refractivity contribution in [2.45, 2.75) is 45.7 Å². The molecule has 1 nitrogen and oxygen atoms in total. The zero-order valence-electron chi connectivity index (χ0n) is 13.3. The molecule has 1 unspecified atom stereocenters. The summed E-state index contributed by atoms with van der Waals surface area (Å²) < 4.78 is 0. The Balaban J connectivity index is 1.79. The minimum atomic E-state index is 0.387. The highest BCUT2D eigenvalue weighted by atomic mass is 15.0. The lowest BCUT2D eigenvalue weighted by Gasteiger charge is -2.25. The van der Waals surface area contributed by atoms with Crippen LogP contribution in [0.15, 0.2) is 48.5 Å². The molecule has 0 heterocycles. The van der Waals surface area contributed by atoms with Crippen LogP contribution in [0.5, 0.6) is 0 Å². The first-order valence-corrected chi connectivity index (χ1v) is 8.03. The lowest BCUT2D eigenvalue weighted by atomic mass is 9.97.